The molecule has 1 amide bonds. The zero-order valence-electron chi connectivity index (χ0n) is 10.2. The number of carbonyl (C=O) groups is 1. The van der Waals surface area contributed by atoms with Crippen molar-refractivity contribution in [3.8, 4) is 0 Å². The molecule has 0 aliphatic heterocycles. The smallest absolute Gasteiger partial charge is 0.369 e. The van der Waals surface area contributed by atoms with E-state index in [0.29, 0.717) is 6.54 Å². The van der Waals surface area contributed by atoms with Crippen LogP contribution in [0, 0.1) is 0 Å². The van der Waals surface area contributed by atoms with Crippen LogP contribution in [0.4, 0.5) is 13.2 Å². The average molecular weight is 256 g/mol. The Balaban J connectivity index is 4.21. The second-order valence-electron chi connectivity index (χ2n) is 4.03. The van der Waals surface area contributed by atoms with Gasteiger partial charge in [-0.15, -0.1) is 0 Å². The Morgan fingerprint density at radius 2 is 2.00 bits per heavy atom. The molecule has 2 atom stereocenters. The van der Waals surface area contributed by atoms with E-state index in [2.05, 4.69) is 10.1 Å². The van der Waals surface area contributed by atoms with Gasteiger partial charge < -0.3 is 15.8 Å². The minimum atomic E-state index is -4.39. The molecule has 17 heavy (non-hydrogen) atoms. The van der Waals surface area contributed by atoms with Crippen molar-refractivity contribution in [3.63, 3.8) is 0 Å². The minimum Gasteiger partial charge on any atom is -0.369 e. The lowest BCUT2D eigenvalue weighted by Crippen LogP contribution is -2.53. The van der Waals surface area contributed by atoms with E-state index >= 15 is 0 Å². The summed E-state index contributed by atoms with van der Waals surface area (Å²) in [5, 5.41) is 2.84. The van der Waals surface area contributed by atoms with Crippen molar-refractivity contribution >= 4 is 5.91 Å². The molecule has 0 saturated heterocycles. The summed E-state index contributed by atoms with van der Waals surface area (Å²) in [4.78, 5) is 11.2. The van der Waals surface area contributed by atoms with Gasteiger partial charge in [0.15, 0.2) is 6.10 Å². The van der Waals surface area contributed by atoms with Crippen LogP contribution in [0.2, 0.25) is 0 Å². The van der Waals surface area contributed by atoms with E-state index in [9.17, 15) is 18.0 Å². The van der Waals surface area contributed by atoms with E-state index in [-0.39, 0.29) is 13.0 Å². The fourth-order valence-corrected chi connectivity index (χ4v) is 1.22. The van der Waals surface area contributed by atoms with Crippen LogP contribution in [0.15, 0.2) is 0 Å². The van der Waals surface area contributed by atoms with Gasteiger partial charge in [-0.05, 0) is 26.8 Å². The SMILES string of the molecule is CCNC(C)(CCOC(C)C(F)(F)F)C(N)=O. The van der Waals surface area contributed by atoms with Gasteiger partial charge in [-0.25, -0.2) is 0 Å². The van der Waals surface area contributed by atoms with Gasteiger partial charge in [-0.2, -0.15) is 13.2 Å². The van der Waals surface area contributed by atoms with Crippen LogP contribution in [0.1, 0.15) is 27.2 Å². The average Bonchev–Trinajstić information content (AvgIpc) is 2.16. The lowest BCUT2D eigenvalue weighted by molar-refractivity contribution is -0.215. The number of carbonyl (C=O) groups excluding carboxylic acids is 1. The number of hydrogen-bond donors (Lipinski definition) is 2. The quantitative estimate of drug-likeness (QED) is 0.719. The first kappa shape index (κ1) is 16.2. The molecule has 0 heterocycles. The standard InChI is InChI=1S/C10H19F3N2O2/c1-4-15-9(3,8(14)16)5-6-17-7(2)10(11,12)13/h7,15H,4-6H2,1-3H3,(H2,14,16). The molecule has 0 saturated carbocycles. The van der Waals surface area contributed by atoms with Crippen LogP contribution < -0.4 is 11.1 Å². The van der Waals surface area contributed by atoms with Crippen molar-refractivity contribution in [2.75, 3.05) is 13.2 Å². The summed E-state index contributed by atoms with van der Waals surface area (Å²) in [5.41, 5.74) is 4.14. The first-order chi connectivity index (χ1) is 7.63. The van der Waals surface area contributed by atoms with Crippen molar-refractivity contribution in [1.82, 2.24) is 5.32 Å². The van der Waals surface area contributed by atoms with Gasteiger partial charge in [0.25, 0.3) is 0 Å². The number of primary amides is 1. The van der Waals surface area contributed by atoms with E-state index in [0.717, 1.165) is 6.92 Å². The molecule has 0 rings (SSSR count). The van der Waals surface area contributed by atoms with Crippen molar-refractivity contribution in [3.05, 3.63) is 0 Å². The molecule has 0 aromatic heterocycles. The molecule has 0 aliphatic rings. The Labute approximate surface area is 98.7 Å². The normalized spacial score (nSPS) is 17.5. The van der Waals surface area contributed by atoms with E-state index in [1.165, 1.54) is 0 Å². The molecule has 0 aromatic rings. The number of amides is 1. The van der Waals surface area contributed by atoms with Crippen LogP contribution in [0.3, 0.4) is 0 Å². The maximum absolute atomic E-state index is 12.1. The Morgan fingerprint density at radius 1 is 1.47 bits per heavy atom. The molecule has 4 nitrogen and oxygen atoms in total. The molecule has 0 aliphatic carbocycles. The first-order valence-electron chi connectivity index (χ1n) is 5.36. The van der Waals surface area contributed by atoms with Gasteiger partial charge in [0.2, 0.25) is 5.91 Å². The highest BCUT2D eigenvalue weighted by Crippen LogP contribution is 2.23. The fourth-order valence-electron chi connectivity index (χ4n) is 1.22. The lowest BCUT2D eigenvalue weighted by atomic mass is 9.97. The Kier molecular flexibility index (Phi) is 5.91. The third-order valence-electron chi connectivity index (χ3n) is 2.54. The van der Waals surface area contributed by atoms with Gasteiger partial charge >= 0.3 is 6.18 Å². The van der Waals surface area contributed by atoms with Gasteiger partial charge in [0, 0.05) is 6.61 Å². The van der Waals surface area contributed by atoms with Crippen LogP contribution in [-0.4, -0.2) is 36.9 Å². The minimum absolute atomic E-state index is 0.0938. The number of alkyl halides is 3. The highest BCUT2D eigenvalue weighted by atomic mass is 19.4. The maximum atomic E-state index is 12.1. The summed E-state index contributed by atoms with van der Waals surface area (Å²) in [6.07, 6.45) is -6.14. The maximum Gasteiger partial charge on any atom is 0.414 e. The van der Waals surface area contributed by atoms with Crippen LogP contribution in [0.5, 0.6) is 0 Å². The summed E-state index contributed by atoms with van der Waals surface area (Å²) < 4.78 is 41.1. The van der Waals surface area contributed by atoms with Gasteiger partial charge in [-0.1, -0.05) is 6.92 Å². The van der Waals surface area contributed by atoms with Crippen molar-refractivity contribution in [2.24, 2.45) is 5.73 Å². The predicted molar refractivity (Wildman–Crippen MR) is 57.4 cm³/mol. The highest BCUT2D eigenvalue weighted by Gasteiger charge is 2.37. The van der Waals surface area contributed by atoms with E-state index in [1.54, 1.807) is 13.8 Å². The highest BCUT2D eigenvalue weighted by molar-refractivity contribution is 5.84. The van der Waals surface area contributed by atoms with E-state index in [1.807, 2.05) is 0 Å². The van der Waals surface area contributed by atoms with Gasteiger partial charge in [-0.3, -0.25) is 4.79 Å². The molecule has 102 valence electrons. The summed E-state index contributed by atoms with van der Waals surface area (Å²) in [6, 6.07) is 0. The van der Waals surface area contributed by atoms with Crippen molar-refractivity contribution in [1.29, 1.82) is 0 Å². The van der Waals surface area contributed by atoms with Crippen LogP contribution in [-0.2, 0) is 9.53 Å². The molecule has 7 heteroatoms. The molecule has 3 N–H and O–H groups in total. The lowest BCUT2D eigenvalue weighted by Gasteiger charge is -2.27. The molecule has 0 radical (unpaired) electrons. The number of likely N-dealkylation sites (N-methyl/N-ethyl adjacent to an activating group) is 1. The third kappa shape index (κ3) is 5.36. The number of nitrogens with one attached hydrogen (secondary N) is 1. The van der Waals surface area contributed by atoms with Gasteiger partial charge in [0.05, 0.1) is 5.54 Å². The second kappa shape index (κ2) is 6.20. The Hall–Kier alpha value is -0.820. The van der Waals surface area contributed by atoms with Gasteiger partial charge in [0.1, 0.15) is 0 Å². The molecule has 0 fully saturated rings. The number of rotatable bonds is 7. The zero-order valence-corrected chi connectivity index (χ0v) is 10.2. The predicted octanol–water partition coefficient (Wildman–Crippen LogP) is 1.20. The number of halogens is 3. The number of nitrogens with two attached hydrogens (primary N) is 1. The van der Waals surface area contributed by atoms with Crippen molar-refractivity contribution in [2.45, 2.75) is 45.0 Å². The van der Waals surface area contributed by atoms with Crippen molar-refractivity contribution < 1.29 is 22.7 Å². The van der Waals surface area contributed by atoms with E-state index < -0.39 is 23.7 Å². The number of ether oxygens (including phenoxy) is 1. The number of hydrogen-bond acceptors (Lipinski definition) is 3. The molecule has 0 bridgehead atoms. The topological polar surface area (TPSA) is 64.3 Å². The van der Waals surface area contributed by atoms with Crippen LogP contribution >= 0.6 is 0 Å². The Morgan fingerprint density at radius 3 is 2.35 bits per heavy atom. The second-order valence-corrected chi connectivity index (χ2v) is 4.03. The summed E-state index contributed by atoms with van der Waals surface area (Å²) >= 11 is 0. The largest absolute Gasteiger partial charge is 0.414 e. The fraction of sp³-hybridized carbons (Fsp3) is 0.900. The molecule has 0 aromatic carbocycles. The Bertz CT molecular complexity index is 258. The molecular weight excluding hydrogens is 237 g/mol. The van der Waals surface area contributed by atoms with Crippen LogP contribution in [0.25, 0.3) is 0 Å². The third-order valence-corrected chi connectivity index (χ3v) is 2.54. The summed E-state index contributed by atoms with van der Waals surface area (Å²) in [5.74, 6) is -0.609. The zero-order chi connectivity index (χ0) is 13.7. The first-order valence-corrected chi connectivity index (χ1v) is 5.36. The van der Waals surface area contributed by atoms with E-state index in [4.69, 9.17) is 5.73 Å². The molecule has 0 spiro atoms. The summed E-state index contributed by atoms with van der Waals surface area (Å²) in [6.45, 7) is 4.55. The summed E-state index contributed by atoms with van der Waals surface area (Å²) in [7, 11) is 0. The molecule has 2 unspecified atom stereocenters. The molecular formula is C10H19F3N2O2. The monoisotopic (exact) mass is 256 g/mol.